The Morgan fingerprint density at radius 1 is 1.11 bits per heavy atom. The summed E-state index contributed by atoms with van der Waals surface area (Å²) in [5.74, 6) is 0.0626. The number of nitrogens with zero attached hydrogens (tertiary/aromatic N) is 1. The van der Waals surface area contributed by atoms with Gasteiger partial charge in [-0.05, 0) is 17.0 Å². The van der Waals surface area contributed by atoms with Crippen molar-refractivity contribution in [1.29, 1.82) is 0 Å². The lowest BCUT2D eigenvalue weighted by atomic mass is 10.2. The summed E-state index contributed by atoms with van der Waals surface area (Å²) in [4.78, 5) is 1.07. The predicted octanol–water partition coefficient (Wildman–Crippen LogP) is 3.10. The highest BCUT2D eigenvalue weighted by Crippen LogP contribution is 2.17. The van der Waals surface area contributed by atoms with Gasteiger partial charge in [0.1, 0.15) is 0 Å². The largest absolute Gasteiger partial charge is 0.218 e. The third-order valence-electron chi connectivity index (χ3n) is 2.85. The summed E-state index contributed by atoms with van der Waals surface area (Å²) < 4.78 is 26.3. The number of thiophene rings is 1. The van der Waals surface area contributed by atoms with Crippen LogP contribution in [-0.4, -0.2) is 19.3 Å². The van der Waals surface area contributed by atoms with Crippen LogP contribution < -0.4 is 0 Å². The van der Waals surface area contributed by atoms with E-state index < -0.39 is 10.0 Å². The fourth-order valence-electron chi connectivity index (χ4n) is 1.86. The lowest BCUT2D eigenvalue weighted by molar-refractivity contribution is 0.425. The standard InChI is InChI=1S/C14H17NO2S2/c1-2-15(11-14-9-6-10-18-14)19(16,17)12-13-7-4-3-5-8-13/h3-10H,2,11-12H2,1H3. The van der Waals surface area contributed by atoms with E-state index in [1.807, 2.05) is 54.8 Å². The topological polar surface area (TPSA) is 37.4 Å². The molecular weight excluding hydrogens is 278 g/mol. The van der Waals surface area contributed by atoms with E-state index in [1.165, 1.54) is 4.31 Å². The van der Waals surface area contributed by atoms with Gasteiger partial charge >= 0.3 is 0 Å². The fourth-order valence-corrected chi connectivity index (χ4v) is 4.19. The second-order valence-corrected chi connectivity index (χ2v) is 7.25. The molecule has 0 aliphatic heterocycles. The number of sulfonamides is 1. The maximum absolute atomic E-state index is 12.4. The SMILES string of the molecule is CCN(Cc1cccs1)S(=O)(=O)Cc1ccccc1. The molecule has 0 amide bonds. The molecule has 5 heteroatoms. The lowest BCUT2D eigenvalue weighted by Gasteiger charge is -2.19. The summed E-state index contributed by atoms with van der Waals surface area (Å²) in [6.45, 7) is 2.83. The van der Waals surface area contributed by atoms with E-state index in [-0.39, 0.29) is 5.75 Å². The molecule has 0 aliphatic carbocycles. The first-order valence-corrected chi connectivity index (χ1v) is 8.65. The Hall–Kier alpha value is -1.17. The third kappa shape index (κ3) is 3.89. The molecule has 0 saturated heterocycles. The van der Waals surface area contributed by atoms with Crippen LogP contribution in [0.25, 0.3) is 0 Å². The average Bonchev–Trinajstić information content (AvgIpc) is 2.89. The molecule has 1 heterocycles. The van der Waals surface area contributed by atoms with Crippen LogP contribution in [0.1, 0.15) is 17.4 Å². The van der Waals surface area contributed by atoms with Gasteiger partial charge in [0.25, 0.3) is 0 Å². The number of hydrogen-bond acceptors (Lipinski definition) is 3. The summed E-state index contributed by atoms with van der Waals surface area (Å²) in [5, 5.41) is 1.97. The summed E-state index contributed by atoms with van der Waals surface area (Å²) in [6, 6.07) is 13.2. The zero-order valence-corrected chi connectivity index (χ0v) is 12.5. The van der Waals surface area contributed by atoms with Crippen LogP contribution in [0.4, 0.5) is 0 Å². The van der Waals surface area contributed by atoms with Crippen molar-refractivity contribution in [2.24, 2.45) is 0 Å². The second-order valence-electron chi connectivity index (χ2n) is 4.25. The molecule has 0 N–H and O–H groups in total. The first-order chi connectivity index (χ1) is 9.12. The van der Waals surface area contributed by atoms with E-state index in [0.29, 0.717) is 13.1 Å². The molecule has 0 unspecified atom stereocenters. The lowest BCUT2D eigenvalue weighted by Crippen LogP contribution is -2.31. The summed E-state index contributed by atoms with van der Waals surface area (Å²) in [6.07, 6.45) is 0. The molecule has 0 spiro atoms. The Morgan fingerprint density at radius 3 is 2.42 bits per heavy atom. The van der Waals surface area contributed by atoms with Gasteiger partial charge in [0.2, 0.25) is 10.0 Å². The van der Waals surface area contributed by atoms with Crippen molar-refractivity contribution in [2.75, 3.05) is 6.54 Å². The first kappa shape index (κ1) is 14.2. The molecule has 1 aromatic heterocycles. The van der Waals surface area contributed by atoms with E-state index in [0.717, 1.165) is 10.4 Å². The van der Waals surface area contributed by atoms with Crippen molar-refractivity contribution < 1.29 is 8.42 Å². The van der Waals surface area contributed by atoms with Crippen LogP contribution in [0.3, 0.4) is 0 Å². The van der Waals surface area contributed by atoms with E-state index in [9.17, 15) is 8.42 Å². The second kappa shape index (κ2) is 6.32. The Morgan fingerprint density at radius 2 is 1.84 bits per heavy atom. The van der Waals surface area contributed by atoms with E-state index in [2.05, 4.69) is 0 Å². The highest BCUT2D eigenvalue weighted by molar-refractivity contribution is 7.88. The van der Waals surface area contributed by atoms with Crippen molar-refractivity contribution in [3.8, 4) is 0 Å². The maximum Gasteiger partial charge on any atom is 0.218 e. The molecule has 0 saturated carbocycles. The minimum atomic E-state index is -3.26. The smallest absolute Gasteiger partial charge is 0.212 e. The summed E-state index contributed by atoms with van der Waals surface area (Å²) >= 11 is 1.58. The predicted molar refractivity (Wildman–Crippen MR) is 79.5 cm³/mol. The van der Waals surface area contributed by atoms with Crippen LogP contribution in [-0.2, 0) is 22.3 Å². The van der Waals surface area contributed by atoms with Gasteiger partial charge in [-0.2, -0.15) is 4.31 Å². The van der Waals surface area contributed by atoms with E-state index >= 15 is 0 Å². The van der Waals surface area contributed by atoms with Crippen LogP contribution in [0, 0.1) is 0 Å². The van der Waals surface area contributed by atoms with Gasteiger partial charge in [-0.3, -0.25) is 0 Å². The molecule has 0 fully saturated rings. The van der Waals surface area contributed by atoms with Gasteiger partial charge in [0, 0.05) is 18.0 Å². The van der Waals surface area contributed by atoms with Crippen molar-refractivity contribution >= 4 is 21.4 Å². The maximum atomic E-state index is 12.4. The zero-order chi connectivity index (χ0) is 13.7. The molecule has 0 aliphatic rings. The fraction of sp³-hybridized carbons (Fsp3) is 0.286. The van der Waals surface area contributed by atoms with Gasteiger partial charge in [-0.1, -0.05) is 43.3 Å². The Kier molecular flexibility index (Phi) is 4.74. The van der Waals surface area contributed by atoms with Crippen LogP contribution >= 0.6 is 11.3 Å². The molecular formula is C14H17NO2S2. The average molecular weight is 295 g/mol. The molecule has 2 rings (SSSR count). The Balaban J connectivity index is 2.12. The van der Waals surface area contributed by atoms with Gasteiger partial charge in [0.05, 0.1) is 5.75 Å². The van der Waals surface area contributed by atoms with Gasteiger partial charge in [0.15, 0.2) is 0 Å². The molecule has 0 atom stereocenters. The van der Waals surface area contributed by atoms with Crippen molar-refractivity contribution in [3.63, 3.8) is 0 Å². The van der Waals surface area contributed by atoms with Gasteiger partial charge in [-0.25, -0.2) is 8.42 Å². The van der Waals surface area contributed by atoms with Gasteiger partial charge < -0.3 is 0 Å². The minimum Gasteiger partial charge on any atom is -0.212 e. The van der Waals surface area contributed by atoms with E-state index in [1.54, 1.807) is 11.3 Å². The van der Waals surface area contributed by atoms with Crippen molar-refractivity contribution in [3.05, 3.63) is 58.3 Å². The normalized spacial score (nSPS) is 11.9. The van der Waals surface area contributed by atoms with Crippen molar-refractivity contribution in [1.82, 2.24) is 4.31 Å². The quantitative estimate of drug-likeness (QED) is 0.821. The van der Waals surface area contributed by atoms with Crippen LogP contribution in [0.15, 0.2) is 47.8 Å². The zero-order valence-electron chi connectivity index (χ0n) is 10.8. The number of rotatable bonds is 6. The molecule has 0 radical (unpaired) electrons. The highest BCUT2D eigenvalue weighted by atomic mass is 32.2. The van der Waals surface area contributed by atoms with Crippen LogP contribution in [0.2, 0.25) is 0 Å². The minimum absolute atomic E-state index is 0.0626. The molecule has 0 bridgehead atoms. The summed E-state index contributed by atoms with van der Waals surface area (Å²) in [5.41, 5.74) is 0.826. The van der Waals surface area contributed by atoms with E-state index in [4.69, 9.17) is 0 Å². The van der Waals surface area contributed by atoms with Crippen LogP contribution in [0.5, 0.6) is 0 Å². The first-order valence-electron chi connectivity index (χ1n) is 6.16. The third-order valence-corrected chi connectivity index (χ3v) is 5.58. The van der Waals surface area contributed by atoms with Gasteiger partial charge in [-0.15, -0.1) is 11.3 Å². The molecule has 1 aromatic carbocycles. The number of benzene rings is 1. The molecule has 3 nitrogen and oxygen atoms in total. The summed E-state index contributed by atoms with van der Waals surface area (Å²) in [7, 11) is -3.26. The Bertz CT molecular complexity index is 592. The monoisotopic (exact) mass is 295 g/mol. The molecule has 102 valence electrons. The molecule has 2 aromatic rings. The highest BCUT2D eigenvalue weighted by Gasteiger charge is 2.21. The Labute approximate surface area is 118 Å². The van der Waals surface area contributed by atoms with Crippen molar-refractivity contribution in [2.45, 2.75) is 19.2 Å². The number of hydrogen-bond donors (Lipinski definition) is 0. The molecule has 19 heavy (non-hydrogen) atoms.